The van der Waals surface area contributed by atoms with E-state index in [1.165, 1.54) is 4.90 Å². The molecule has 1 aromatic heterocycles. The van der Waals surface area contributed by atoms with Gasteiger partial charge in [-0.1, -0.05) is 0 Å². The van der Waals surface area contributed by atoms with Gasteiger partial charge in [-0.25, -0.2) is 18.2 Å². The number of benzene rings is 1. The van der Waals surface area contributed by atoms with Crippen molar-refractivity contribution in [1.29, 1.82) is 0 Å². The number of nitrogens with zero attached hydrogens (tertiary/aromatic N) is 2. The molecule has 0 radical (unpaired) electrons. The fourth-order valence-corrected chi connectivity index (χ4v) is 2.99. The number of aliphatic carboxylic acids is 1. The molecular weight excluding hydrogens is 333 g/mol. The molecule has 0 spiro atoms. The van der Waals surface area contributed by atoms with Gasteiger partial charge in [-0.3, -0.25) is 9.59 Å². The summed E-state index contributed by atoms with van der Waals surface area (Å²) in [6, 6.07) is 0.454. The first-order chi connectivity index (χ1) is 10.8. The Morgan fingerprint density at radius 1 is 1.26 bits per heavy atom. The largest absolute Gasteiger partial charge is 0.481 e. The summed E-state index contributed by atoms with van der Waals surface area (Å²) in [6.45, 7) is 1.95. The molecular formula is C14H13F3N2O3S. The minimum atomic E-state index is -1.32. The van der Waals surface area contributed by atoms with Crippen LogP contribution in [-0.2, 0) is 16.1 Å². The lowest BCUT2D eigenvalue weighted by Crippen LogP contribution is -2.30. The molecule has 0 saturated heterocycles. The summed E-state index contributed by atoms with van der Waals surface area (Å²) in [5.74, 6) is -4.96. The van der Waals surface area contributed by atoms with Gasteiger partial charge in [0.2, 0.25) is 5.91 Å². The third-order valence-electron chi connectivity index (χ3n) is 3.17. The number of rotatable bonds is 6. The number of aromatic nitrogens is 1. The summed E-state index contributed by atoms with van der Waals surface area (Å²) in [6.07, 6.45) is -0.477. The maximum absolute atomic E-state index is 13.6. The fraction of sp³-hybridized carbons (Fsp3) is 0.357. The van der Waals surface area contributed by atoms with E-state index in [4.69, 9.17) is 5.11 Å². The number of thiazole rings is 1. The van der Waals surface area contributed by atoms with E-state index >= 15 is 0 Å². The van der Waals surface area contributed by atoms with Gasteiger partial charge < -0.3 is 10.0 Å². The van der Waals surface area contributed by atoms with Crippen LogP contribution in [0.1, 0.15) is 24.8 Å². The summed E-state index contributed by atoms with van der Waals surface area (Å²) < 4.78 is 40.3. The molecule has 0 saturated carbocycles. The summed E-state index contributed by atoms with van der Waals surface area (Å²) >= 11 is 0.829. The van der Waals surface area contributed by atoms with Crippen molar-refractivity contribution in [3.8, 4) is 0 Å². The molecule has 5 nitrogen and oxygen atoms in total. The lowest BCUT2D eigenvalue weighted by Gasteiger charge is -2.19. The second-order valence-electron chi connectivity index (χ2n) is 4.74. The Balaban J connectivity index is 2.23. The van der Waals surface area contributed by atoms with Crippen LogP contribution in [-0.4, -0.2) is 33.4 Å². The molecule has 0 aliphatic rings. The zero-order valence-corrected chi connectivity index (χ0v) is 12.9. The third-order valence-corrected chi connectivity index (χ3v) is 4.22. The monoisotopic (exact) mass is 346 g/mol. The first-order valence-electron chi connectivity index (χ1n) is 6.76. The van der Waals surface area contributed by atoms with Gasteiger partial charge in [0.1, 0.15) is 16.3 Å². The van der Waals surface area contributed by atoms with E-state index in [-0.39, 0.29) is 35.6 Å². The van der Waals surface area contributed by atoms with Crippen LogP contribution in [0.25, 0.3) is 10.2 Å². The summed E-state index contributed by atoms with van der Waals surface area (Å²) in [5.41, 5.74) is -0.406. The topological polar surface area (TPSA) is 70.5 Å². The average molecular weight is 346 g/mol. The Morgan fingerprint density at radius 3 is 2.57 bits per heavy atom. The van der Waals surface area contributed by atoms with E-state index in [1.54, 1.807) is 6.92 Å². The maximum Gasteiger partial charge on any atom is 0.303 e. The van der Waals surface area contributed by atoms with Crippen molar-refractivity contribution in [2.24, 2.45) is 0 Å². The Labute approximate surface area is 133 Å². The molecule has 1 N–H and O–H groups in total. The number of carboxylic acid groups (broad SMARTS) is 1. The lowest BCUT2D eigenvalue weighted by atomic mass is 10.2. The first kappa shape index (κ1) is 17.2. The van der Waals surface area contributed by atoms with Crippen molar-refractivity contribution < 1.29 is 27.9 Å². The van der Waals surface area contributed by atoms with E-state index in [0.29, 0.717) is 6.07 Å². The van der Waals surface area contributed by atoms with Gasteiger partial charge in [0, 0.05) is 19.0 Å². The molecule has 2 rings (SSSR count). The number of amides is 1. The van der Waals surface area contributed by atoms with Gasteiger partial charge in [-0.2, -0.15) is 0 Å². The number of hydrogen-bond acceptors (Lipinski definition) is 4. The van der Waals surface area contributed by atoms with Gasteiger partial charge in [0.05, 0.1) is 17.7 Å². The van der Waals surface area contributed by atoms with Crippen molar-refractivity contribution in [2.45, 2.75) is 26.3 Å². The van der Waals surface area contributed by atoms with Crippen molar-refractivity contribution >= 4 is 33.4 Å². The molecule has 0 aliphatic heterocycles. The normalized spacial score (nSPS) is 11.0. The van der Waals surface area contributed by atoms with Gasteiger partial charge in [-0.15, -0.1) is 11.3 Å². The highest BCUT2D eigenvalue weighted by Crippen LogP contribution is 2.29. The van der Waals surface area contributed by atoms with Crippen molar-refractivity contribution in [3.05, 3.63) is 28.5 Å². The van der Waals surface area contributed by atoms with Crippen molar-refractivity contribution in [3.63, 3.8) is 0 Å². The molecule has 1 aromatic carbocycles. The molecule has 1 heterocycles. The Morgan fingerprint density at radius 2 is 1.96 bits per heavy atom. The third kappa shape index (κ3) is 3.79. The smallest absolute Gasteiger partial charge is 0.303 e. The predicted molar refractivity (Wildman–Crippen MR) is 77.5 cm³/mol. The second-order valence-corrected chi connectivity index (χ2v) is 5.82. The van der Waals surface area contributed by atoms with Crippen molar-refractivity contribution in [2.75, 3.05) is 6.54 Å². The summed E-state index contributed by atoms with van der Waals surface area (Å²) in [5, 5.41) is 8.83. The fourth-order valence-electron chi connectivity index (χ4n) is 2.01. The molecule has 0 atom stereocenters. The number of carbonyl (C=O) groups excluding carboxylic acids is 1. The molecule has 0 bridgehead atoms. The second kappa shape index (κ2) is 6.95. The molecule has 0 unspecified atom stereocenters. The molecule has 9 heteroatoms. The van der Waals surface area contributed by atoms with Gasteiger partial charge in [-0.05, 0) is 6.92 Å². The summed E-state index contributed by atoms with van der Waals surface area (Å²) in [7, 11) is 0. The number of halogens is 3. The van der Waals surface area contributed by atoms with Crippen LogP contribution >= 0.6 is 11.3 Å². The standard InChI is InChI=1S/C14H13F3N2O3S/c1-2-19(10(20)3-4-11(21)22)6-9-18-13-12(17)7(15)5-8(16)14(13)23-9/h5H,2-4,6H2,1H3,(H,21,22). The highest BCUT2D eigenvalue weighted by Gasteiger charge is 2.20. The lowest BCUT2D eigenvalue weighted by molar-refractivity contribution is -0.141. The highest BCUT2D eigenvalue weighted by atomic mass is 32.1. The van der Waals surface area contributed by atoms with E-state index < -0.39 is 34.8 Å². The Bertz CT molecular complexity index is 763. The van der Waals surface area contributed by atoms with Gasteiger partial charge in [0.25, 0.3) is 0 Å². The zero-order chi connectivity index (χ0) is 17.1. The van der Waals surface area contributed by atoms with E-state index in [2.05, 4.69) is 4.98 Å². The van der Waals surface area contributed by atoms with Crippen LogP contribution < -0.4 is 0 Å². The molecule has 23 heavy (non-hydrogen) atoms. The van der Waals surface area contributed by atoms with E-state index in [9.17, 15) is 22.8 Å². The van der Waals surface area contributed by atoms with Gasteiger partial charge in [0.15, 0.2) is 11.6 Å². The predicted octanol–water partition coefficient (Wildman–Crippen LogP) is 2.93. The van der Waals surface area contributed by atoms with Crippen LogP contribution in [0.4, 0.5) is 13.2 Å². The number of carbonyl (C=O) groups is 2. The maximum atomic E-state index is 13.6. The van der Waals surface area contributed by atoms with Crippen LogP contribution in [0, 0.1) is 17.5 Å². The van der Waals surface area contributed by atoms with Gasteiger partial charge >= 0.3 is 5.97 Å². The summed E-state index contributed by atoms with van der Waals surface area (Å²) in [4.78, 5) is 27.6. The molecule has 0 aliphatic carbocycles. The first-order valence-corrected chi connectivity index (χ1v) is 7.57. The average Bonchev–Trinajstić information content (AvgIpc) is 2.92. The molecule has 124 valence electrons. The molecule has 0 fully saturated rings. The molecule has 1 amide bonds. The Kier molecular flexibility index (Phi) is 5.19. The zero-order valence-electron chi connectivity index (χ0n) is 12.1. The van der Waals surface area contributed by atoms with E-state index in [1.807, 2.05) is 0 Å². The SMILES string of the molecule is CCN(Cc1nc2c(F)c(F)cc(F)c2s1)C(=O)CCC(=O)O. The number of carboxylic acids is 1. The minimum Gasteiger partial charge on any atom is -0.481 e. The van der Waals surface area contributed by atoms with Crippen LogP contribution in [0.15, 0.2) is 6.07 Å². The number of fused-ring (bicyclic) bond motifs is 1. The van der Waals surface area contributed by atoms with Crippen LogP contribution in [0.5, 0.6) is 0 Å². The Hall–Kier alpha value is -2.16. The highest BCUT2D eigenvalue weighted by molar-refractivity contribution is 7.18. The quantitative estimate of drug-likeness (QED) is 0.817. The molecule has 2 aromatic rings. The van der Waals surface area contributed by atoms with E-state index in [0.717, 1.165) is 11.3 Å². The van der Waals surface area contributed by atoms with Crippen molar-refractivity contribution in [1.82, 2.24) is 9.88 Å². The number of hydrogen-bond donors (Lipinski definition) is 1. The van der Waals surface area contributed by atoms with Crippen LogP contribution in [0.2, 0.25) is 0 Å². The minimum absolute atomic E-state index is 0.0190. The van der Waals surface area contributed by atoms with Crippen LogP contribution in [0.3, 0.4) is 0 Å².